The summed E-state index contributed by atoms with van der Waals surface area (Å²) in [4.78, 5) is 28.5. The molecular weight excluding hydrogens is 506 g/mol. The average molecular weight is 548 g/mol. The van der Waals surface area contributed by atoms with Crippen molar-refractivity contribution in [2.24, 2.45) is 0 Å². The predicted octanol–water partition coefficient (Wildman–Crippen LogP) is 3.41. The van der Waals surface area contributed by atoms with Crippen LogP contribution in [0.25, 0.3) is 0 Å². The molecule has 0 saturated carbocycles. The number of ether oxygens (including phenoxy) is 2. The van der Waals surface area contributed by atoms with E-state index < -0.39 is 16.0 Å². The van der Waals surface area contributed by atoms with Crippen molar-refractivity contribution < 1.29 is 27.5 Å². The van der Waals surface area contributed by atoms with E-state index in [4.69, 9.17) is 9.47 Å². The molecule has 3 rings (SSSR count). The molecular formula is C28H41N3O6S. The Labute approximate surface area is 226 Å². The number of Topliss-reactive ketones (excluding diaryl/α,β-unsaturated/α-hetero) is 1. The zero-order valence-electron chi connectivity index (χ0n) is 23.7. The number of nitrogens with zero attached hydrogens (tertiary/aromatic N) is 3. The fraction of sp³-hybridized carbons (Fsp3) is 0.571. The van der Waals surface area contributed by atoms with Crippen LogP contribution in [0.1, 0.15) is 65.4 Å². The van der Waals surface area contributed by atoms with Crippen LogP contribution in [0.4, 0.5) is 0 Å². The Morgan fingerprint density at radius 3 is 2.21 bits per heavy atom. The van der Waals surface area contributed by atoms with E-state index in [1.165, 1.54) is 11.4 Å². The Kier molecular flexibility index (Phi) is 9.57. The number of benzene rings is 1. The normalized spacial score (nSPS) is 15.2. The van der Waals surface area contributed by atoms with Gasteiger partial charge in [-0.05, 0) is 49.4 Å². The topological polar surface area (TPSA) is 98.2 Å². The Morgan fingerprint density at radius 1 is 1.08 bits per heavy atom. The molecule has 0 amide bonds. The summed E-state index contributed by atoms with van der Waals surface area (Å²) in [6.07, 6.45) is 0. The number of methoxy groups -OCH3 is 1. The SMILES string of the molecule is CCn1c(C)c(C(=O)CN(CCN2CCOCC2)S(=O)(=O)c2ccc(C(C)(C)C)cc2)c(C)c1C(=O)OC. The molecule has 2 aromatic rings. The van der Waals surface area contributed by atoms with Gasteiger partial charge in [-0.2, -0.15) is 4.31 Å². The second-order valence-corrected chi connectivity index (χ2v) is 12.6. The molecule has 9 nitrogen and oxygen atoms in total. The number of esters is 1. The maximum absolute atomic E-state index is 13.8. The van der Waals surface area contributed by atoms with Crippen LogP contribution in [0.15, 0.2) is 29.2 Å². The van der Waals surface area contributed by atoms with Gasteiger partial charge in [-0.3, -0.25) is 9.69 Å². The van der Waals surface area contributed by atoms with Crippen molar-refractivity contribution >= 4 is 21.8 Å². The molecule has 0 unspecified atom stereocenters. The van der Waals surface area contributed by atoms with E-state index in [0.717, 1.165) is 5.56 Å². The van der Waals surface area contributed by atoms with E-state index in [2.05, 4.69) is 25.7 Å². The van der Waals surface area contributed by atoms with E-state index in [-0.39, 0.29) is 29.2 Å². The van der Waals surface area contributed by atoms with Crippen LogP contribution in [0.5, 0.6) is 0 Å². The Balaban J connectivity index is 1.97. The summed E-state index contributed by atoms with van der Waals surface area (Å²) in [5.41, 5.74) is 2.71. The van der Waals surface area contributed by atoms with Crippen molar-refractivity contribution in [1.29, 1.82) is 0 Å². The van der Waals surface area contributed by atoms with Crippen LogP contribution in [0.2, 0.25) is 0 Å². The van der Waals surface area contributed by atoms with E-state index in [9.17, 15) is 18.0 Å². The molecule has 1 saturated heterocycles. The third-order valence-electron chi connectivity index (χ3n) is 7.19. The number of carbonyl (C=O) groups is 2. The first-order chi connectivity index (χ1) is 17.8. The van der Waals surface area contributed by atoms with Gasteiger partial charge in [-0.15, -0.1) is 0 Å². The van der Waals surface area contributed by atoms with Gasteiger partial charge in [-0.25, -0.2) is 13.2 Å². The summed E-state index contributed by atoms with van der Waals surface area (Å²) in [5, 5.41) is 0. The van der Waals surface area contributed by atoms with Crippen LogP contribution >= 0.6 is 0 Å². The summed E-state index contributed by atoms with van der Waals surface area (Å²) in [6, 6.07) is 6.88. The predicted molar refractivity (Wildman–Crippen MR) is 146 cm³/mol. The lowest BCUT2D eigenvalue weighted by atomic mass is 9.87. The minimum Gasteiger partial charge on any atom is -0.464 e. The highest BCUT2D eigenvalue weighted by Gasteiger charge is 2.32. The highest BCUT2D eigenvalue weighted by Crippen LogP contribution is 2.27. The highest BCUT2D eigenvalue weighted by atomic mass is 32.2. The van der Waals surface area contributed by atoms with Gasteiger partial charge in [0.1, 0.15) is 5.69 Å². The van der Waals surface area contributed by atoms with Gasteiger partial charge in [0, 0.05) is 44.0 Å². The van der Waals surface area contributed by atoms with Crippen LogP contribution in [0, 0.1) is 13.8 Å². The van der Waals surface area contributed by atoms with Crippen molar-refractivity contribution in [3.63, 3.8) is 0 Å². The van der Waals surface area contributed by atoms with Crippen molar-refractivity contribution in [3.05, 3.63) is 52.3 Å². The van der Waals surface area contributed by atoms with Crippen molar-refractivity contribution in [2.75, 3.05) is 53.0 Å². The molecule has 1 aliphatic heterocycles. The summed E-state index contributed by atoms with van der Waals surface area (Å²) in [5.74, 6) is -0.878. The van der Waals surface area contributed by atoms with E-state index in [1.54, 1.807) is 30.5 Å². The van der Waals surface area contributed by atoms with E-state index in [1.807, 2.05) is 19.1 Å². The summed E-state index contributed by atoms with van der Waals surface area (Å²) < 4.78 is 41.0. The molecule has 1 aliphatic rings. The third kappa shape index (κ3) is 6.36. The quantitative estimate of drug-likeness (QED) is 0.332. The van der Waals surface area contributed by atoms with Gasteiger partial charge >= 0.3 is 5.97 Å². The zero-order chi connectivity index (χ0) is 28.3. The van der Waals surface area contributed by atoms with Gasteiger partial charge in [0.25, 0.3) is 0 Å². The summed E-state index contributed by atoms with van der Waals surface area (Å²) in [7, 11) is -2.66. The second-order valence-electron chi connectivity index (χ2n) is 10.7. The molecule has 0 spiro atoms. The van der Waals surface area contributed by atoms with Crippen molar-refractivity contribution in [1.82, 2.24) is 13.8 Å². The average Bonchev–Trinajstić information content (AvgIpc) is 3.14. The van der Waals surface area contributed by atoms with Crippen LogP contribution < -0.4 is 0 Å². The molecule has 0 aliphatic carbocycles. The fourth-order valence-corrected chi connectivity index (χ4v) is 6.33. The smallest absolute Gasteiger partial charge is 0.354 e. The standard InChI is InChI=1S/C28H41N3O6S/c1-8-31-21(3)25(20(2)26(31)27(33)36-7)24(32)19-30(14-13-29-15-17-37-18-16-29)38(34,35)23-11-9-22(10-12-23)28(4,5)6/h9-12H,8,13-19H2,1-7H3. The van der Waals surface area contributed by atoms with Crippen molar-refractivity contribution in [2.45, 2.75) is 58.4 Å². The zero-order valence-corrected chi connectivity index (χ0v) is 24.5. The molecule has 10 heteroatoms. The maximum atomic E-state index is 13.8. The molecule has 38 heavy (non-hydrogen) atoms. The van der Waals surface area contributed by atoms with Gasteiger partial charge in [0.2, 0.25) is 10.0 Å². The van der Waals surface area contributed by atoms with Gasteiger partial charge in [0.05, 0.1) is 31.8 Å². The first-order valence-electron chi connectivity index (χ1n) is 13.0. The lowest BCUT2D eigenvalue weighted by Crippen LogP contribution is -2.44. The second kappa shape index (κ2) is 12.1. The molecule has 1 fully saturated rings. The fourth-order valence-electron chi connectivity index (χ4n) is 4.94. The van der Waals surface area contributed by atoms with Crippen LogP contribution in [-0.2, 0) is 31.5 Å². The Hall–Kier alpha value is -2.53. The lowest BCUT2D eigenvalue weighted by Gasteiger charge is -2.29. The number of carbonyl (C=O) groups excluding carboxylic acids is 2. The first-order valence-corrected chi connectivity index (χ1v) is 14.5. The molecule has 0 N–H and O–H groups in total. The van der Waals surface area contributed by atoms with Gasteiger partial charge < -0.3 is 14.0 Å². The number of rotatable bonds is 10. The minimum atomic E-state index is -3.97. The minimum absolute atomic E-state index is 0.118. The maximum Gasteiger partial charge on any atom is 0.354 e. The number of sulfonamides is 1. The lowest BCUT2D eigenvalue weighted by molar-refractivity contribution is 0.0362. The third-order valence-corrected chi connectivity index (χ3v) is 9.05. The molecule has 2 heterocycles. The molecule has 1 aromatic carbocycles. The molecule has 1 aromatic heterocycles. The monoisotopic (exact) mass is 547 g/mol. The summed E-state index contributed by atoms with van der Waals surface area (Å²) in [6.45, 7) is 15.0. The number of hydrogen-bond acceptors (Lipinski definition) is 7. The Morgan fingerprint density at radius 2 is 1.68 bits per heavy atom. The van der Waals surface area contributed by atoms with Gasteiger partial charge in [0.15, 0.2) is 5.78 Å². The molecule has 0 atom stereocenters. The number of hydrogen-bond donors (Lipinski definition) is 0. The van der Waals surface area contributed by atoms with Crippen LogP contribution in [-0.4, -0.2) is 87.0 Å². The van der Waals surface area contributed by atoms with E-state index >= 15 is 0 Å². The summed E-state index contributed by atoms with van der Waals surface area (Å²) >= 11 is 0. The van der Waals surface area contributed by atoms with Crippen LogP contribution in [0.3, 0.4) is 0 Å². The molecule has 0 bridgehead atoms. The number of ketones is 1. The van der Waals surface area contributed by atoms with Crippen molar-refractivity contribution in [3.8, 4) is 0 Å². The first kappa shape index (κ1) is 30.0. The van der Waals surface area contributed by atoms with E-state index in [0.29, 0.717) is 61.9 Å². The highest BCUT2D eigenvalue weighted by molar-refractivity contribution is 7.89. The van der Waals surface area contributed by atoms with Gasteiger partial charge in [-0.1, -0.05) is 32.9 Å². The number of morpholine rings is 1. The largest absolute Gasteiger partial charge is 0.464 e. The molecule has 0 radical (unpaired) electrons. The number of aromatic nitrogens is 1. The Bertz CT molecular complexity index is 1250. The molecule has 210 valence electrons.